The van der Waals surface area contributed by atoms with E-state index in [4.69, 9.17) is 4.74 Å². The molecule has 0 radical (unpaired) electrons. The smallest absolute Gasteiger partial charge is 0.305 e. The number of unbranched alkanes of at least 4 members (excludes halogenated alkanes) is 43. The van der Waals surface area contributed by atoms with Crippen molar-refractivity contribution in [1.29, 1.82) is 0 Å². The number of hydrogen-bond acceptors (Lipinski definition) is 5. The van der Waals surface area contributed by atoms with Gasteiger partial charge >= 0.3 is 5.97 Å². The van der Waals surface area contributed by atoms with Crippen LogP contribution in [0.5, 0.6) is 0 Å². The normalized spacial score (nSPS) is 12.7. The molecular weight excluding hydrogens is 851 g/mol. The van der Waals surface area contributed by atoms with Crippen LogP contribution in [0, 0.1) is 0 Å². The number of allylic oxidation sites excluding steroid dienone is 4. The first-order valence-electron chi connectivity index (χ1n) is 31.1. The first-order valence-corrected chi connectivity index (χ1v) is 31.1. The summed E-state index contributed by atoms with van der Waals surface area (Å²) < 4.78 is 5.45. The molecule has 0 aliphatic heterocycles. The van der Waals surface area contributed by atoms with E-state index in [1.807, 2.05) is 0 Å². The van der Waals surface area contributed by atoms with Gasteiger partial charge in [-0.3, -0.25) is 9.59 Å². The molecule has 408 valence electrons. The number of amides is 1. The molecule has 0 saturated heterocycles. The molecule has 0 heterocycles. The first kappa shape index (κ1) is 67.3. The lowest BCUT2D eigenvalue weighted by Crippen LogP contribution is -2.45. The van der Waals surface area contributed by atoms with Crippen molar-refractivity contribution in [1.82, 2.24) is 5.32 Å². The highest BCUT2D eigenvalue weighted by Gasteiger charge is 2.20. The zero-order chi connectivity index (χ0) is 50.0. The lowest BCUT2D eigenvalue weighted by atomic mass is 10.0. The summed E-state index contributed by atoms with van der Waals surface area (Å²) >= 11 is 0. The third kappa shape index (κ3) is 55.5. The number of nitrogens with one attached hydrogen (secondary N) is 1. The van der Waals surface area contributed by atoms with Crippen molar-refractivity contribution in [2.24, 2.45) is 0 Å². The van der Waals surface area contributed by atoms with Gasteiger partial charge in [0, 0.05) is 12.8 Å². The highest BCUT2D eigenvalue weighted by Crippen LogP contribution is 2.18. The van der Waals surface area contributed by atoms with Crippen molar-refractivity contribution in [2.75, 3.05) is 13.2 Å². The molecule has 6 heteroatoms. The maximum atomic E-state index is 12.5. The molecule has 0 aliphatic rings. The topological polar surface area (TPSA) is 95.9 Å². The number of hydrogen-bond donors (Lipinski definition) is 3. The monoisotopic (exact) mass is 972 g/mol. The van der Waals surface area contributed by atoms with Gasteiger partial charge in [0.1, 0.15) is 0 Å². The van der Waals surface area contributed by atoms with Gasteiger partial charge in [-0.05, 0) is 77.0 Å². The lowest BCUT2D eigenvalue weighted by molar-refractivity contribution is -0.143. The number of rotatable bonds is 58. The van der Waals surface area contributed by atoms with Gasteiger partial charge in [-0.2, -0.15) is 0 Å². The fourth-order valence-electron chi connectivity index (χ4n) is 9.69. The summed E-state index contributed by atoms with van der Waals surface area (Å²) in [7, 11) is 0. The maximum Gasteiger partial charge on any atom is 0.305 e. The number of carbonyl (C=O) groups is 2. The van der Waals surface area contributed by atoms with Gasteiger partial charge in [-0.1, -0.05) is 276 Å². The minimum Gasteiger partial charge on any atom is -0.466 e. The van der Waals surface area contributed by atoms with E-state index in [1.54, 1.807) is 0 Å². The molecule has 1 amide bonds. The highest BCUT2D eigenvalue weighted by molar-refractivity contribution is 5.76. The molecule has 0 aromatic heterocycles. The number of carbonyl (C=O) groups excluding carboxylic acids is 2. The predicted molar refractivity (Wildman–Crippen MR) is 301 cm³/mol. The van der Waals surface area contributed by atoms with E-state index in [0.29, 0.717) is 25.9 Å². The summed E-state index contributed by atoms with van der Waals surface area (Å²) in [5.41, 5.74) is 0. The van der Waals surface area contributed by atoms with E-state index in [2.05, 4.69) is 43.5 Å². The maximum absolute atomic E-state index is 12.5. The van der Waals surface area contributed by atoms with Crippen LogP contribution < -0.4 is 5.32 Å². The largest absolute Gasteiger partial charge is 0.466 e. The fourth-order valence-corrected chi connectivity index (χ4v) is 9.69. The molecule has 0 rings (SSSR count). The summed E-state index contributed by atoms with van der Waals surface area (Å²) in [6.45, 7) is 4.89. The Labute approximate surface area is 431 Å². The molecule has 0 bridgehead atoms. The molecule has 0 aromatic rings. The van der Waals surface area contributed by atoms with Gasteiger partial charge < -0.3 is 20.3 Å². The van der Waals surface area contributed by atoms with Gasteiger partial charge in [-0.15, -0.1) is 0 Å². The van der Waals surface area contributed by atoms with Crippen molar-refractivity contribution in [3.8, 4) is 0 Å². The average Bonchev–Trinajstić information content (AvgIpc) is 3.35. The quantitative estimate of drug-likeness (QED) is 0.0321. The average molecular weight is 973 g/mol. The molecule has 2 unspecified atom stereocenters. The van der Waals surface area contributed by atoms with Crippen molar-refractivity contribution < 1.29 is 24.5 Å². The lowest BCUT2D eigenvalue weighted by Gasteiger charge is -2.22. The Morgan fingerprint density at radius 3 is 1.03 bits per heavy atom. The molecule has 0 spiro atoms. The zero-order valence-corrected chi connectivity index (χ0v) is 46.6. The second-order valence-electron chi connectivity index (χ2n) is 21.4. The Morgan fingerprint density at radius 1 is 0.391 bits per heavy atom. The Bertz CT molecular complexity index is 1080. The zero-order valence-electron chi connectivity index (χ0n) is 46.6. The molecule has 69 heavy (non-hydrogen) atoms. The van der Waals surface area contributed by atoms with Crippen LogP contribution in [0.3, 0.4) is 0 Å². The van der Waals surface area contributed by atoms with E-state index in [-0.39, 0.29) is 18.5 Å². The van der Waals surface area contributed by atoms with E-state index < -0.39 is 12.1 Å². The van der Waals surface area contributed by atoms with Gasteiger partial charge in [-0.25, -0.2) is 0 Å². The van der Waals surface area contributed by atoms with Crippen molar-refractivity contribution in [3.63, 3.8) is 0 Å². The standard InChI is InChI=1S/C63H121NO5/c1-3-5-7-9-11-13-15-17-19-21-22-23-24-25-26-27-28-29-30-32-35-39-43-47-51-55-61(66)60(59-65)64-62(67)56-52-48-44-40-36-34-38-42-46-50-54-58-69-63(68)57-53-49-45-41-37-33-31-20-18-16-14-12-10-8-6-4-2/h20,31,38,42,60-61,65-66H,3-19,21-30,32-37,39-41,43-59H2,1-2H3,(H,64,67)/b31-20-,42-38-. The summed E-state index contributed by atoms with van der Waals surface area (Å²) in [6, 6.07) is -0.564. The van der Waals surface area contributed by atoms with Crippen LogP contribution in [0.4, 0.5) is 0 Å². The van der Waals surface area contributed by atoms with Crippen LogP contribution in [0.15, 0.2) is 24.3 Å². The molecule has 2 atom stereocenters. The highest BCUT2D eigenvalue weighted by atomic mass is 16.5. The molecule has 3 N–H and O–H groups in total. The van der Waals surface area contributed by atoms with Crippen molar-refractivity contribution in [2.45, 2.75) is 353 Å². The van der Waals surface area contributed by atoms with Crippen LogP contribution in [0.25, 0.3) is 0 Å². The fraction of sp³-hybridized carbons (Fsp3) is 0.905. The number of aliphatic hydroxyl groups is 2. The molecular formula is C63H121NO5. The van der Waals surface area contributed by atoms with E-state index >= 15 is 0 Å². The van der Waals surface area contributed by atoms with Crippen molar-refractivity contribution in [3.05, 3.63) is 24.3 Å². The van der Waals surface area contributed by atoms with E-state index in [1.165, 1.54) is 225 Å². The van der Waals surface area contributed by atoms with Crippen LogP contribution in [0.2, 0.25) is 0 Å². The minimum absolute atomic E-state index is 0.0374. The predicted octanol–water partition coefficient (Wildman–Crippen LogP) is 19.4. The molecule has 0 fully saturated rings. The van der Waals surface area contributed by atoms with Gasteiger partial charge in [0.25, 0.3) is 0 Å². The molecule has 0 aromatic carbocycles. The van der Waals surface area contributed by atoms with E-state index in [0.717, 1.165) is 83.5 Å². The molecule has 0 saturated carbocycles. The van der Waals surface area contributed by atoms with Gasteiger partial charge in [0.15, 0.2) is 0 Å². The Hall–Kier alpha value is -1.66. The third-order valence-corrected chi connectivity index (χ3v) is 14.5. The third-order valence-electron chi connectivity index (χ3n) is 14.5. The summed E-state index contributed by atoms with van der Waals surface area (Å²) in [6.07, 6.45) is 71.9. The first-order chi connectivity index (χ1) is 34.0. The summed E-state index contributed by atoms with van der Waals surface area (Å²) in [5, 5.41) is 23.4. The number of esters is 1. The van der Waals surface area contributed by atoms with Gasteiger partial charge in [0.2, 0.25) is 5.91 Å². The van der Waals surface area contributed by atoms with Crippen LogP contribution in [-0.4, -0.2) is 47.4 Å². The summed E-state index contributed by atoms with van der Waals surface area (Å²) in [4.78, 5) is 24.6. The Balaban J connectivity index is 3.48. The van der Waals surface area contributed by atoms with Crippen LogP contribution in [-0.2, 0) is 14.3 Å². The van der Waals surface area contributed by atoms with Crippen LogP contribution in [0.1, 0.15) is 341 Å². The second kappa shape index (κ2) is 58.9. The SMILES string of the molecule is CCCCCCCCC/C=C\CCCCCCCC(=O)OCCCC/C=C\CCCCCCCC(=O)NC(CO)C(O)CCCCCCCCCCCCCCCCCCCCCCCCCCC. The van der Waals surface area contributed by atoms with Crippen LogP contribution >= 0.6 is 0 Å². The Kier molecular flexibility index (Phi) is 57.5. The minimum atomic E-state index is -0.684. The Morgan fingerprint density at radius 2 is 0.681 bits per heavy atom. The summed E-state index contributed by atoms with van der Waals surface area (Å²) in [5.74, 6) is -0.0983. The second-order valence-corrected chi connectivity index (χ2v) is 21.4. The van der Waals surface area contributed by atoms with Gasteiger partial charge in [0.05, 0.1) is 25.4 Å². The number of ether oxygens (including phenoxy) is 1. The number of aliphatic hydroxyl groups excluding tert-OH is 2. The molecule has 6 nitrogen and oxygen atoms in total. The van der Waals surface area contributed by atoms with Crippen molar-refractivity contribution >= 4 is 11.9 Å². The molecule has 0 aliphatic carbocycles. The van der Waals surface area contributed by atoms with E-state index in [9.17, 15) is 19.8 Å².